The van der Waals surface area contributed by atoms with Gasteiger partial charge in [0.15, 0.2) is 6.61 Å². The molecule has 0 saturated carbocycles. The third-order valence-corrected chi connectivity index (χ3v) is 3.48. The van der Waals surface area contributed by atoms with Crippen LogP contribution < -0.4 is 15.6 Å². The van der Waals surface area contributed by atoms with E-state index in [2.05, 4.69) is 16.0 Å². The molecule has 0 fully saturated rings. The number of hydrogen-bond acceptors (Lipinski definition) is 5. The Bertz CT molecular complexity index is 705. The quantitative estimate of drug-likeness (QED) is 0.787. The van der Waals surface area contributed by atoms with Crippen molar-refractivity contribution in [2.45, 2.75) is 33.6 Å². The number of aromatic nitrogens is 1. The van der Waals surface area contributed by atoms with Gasteiger partial charge in [-0.2, -0.15) is 0 Å². The second-order valence-electron chi connectivity index (χ2n) is 5.50. The lowest BCUT2D eigenvalue weighted by molar-refractivity contribution is -0.130. The van der Waals surface area contributed by atoms with Crippen molar-refractivity contribution in [3.63, 3.8) is 0 Å². The maximum absolute atomic E-state index is 11.8. The first-order valence-corrected chi connectivity index (χ1v) is 7.64. The molecule has 0 aliphatic heterocycles. The summed E-state index contributed by atoms with van der Waals surface area (Å²) in [6, 6.07) is 7.38. The molecule has 24 heavy (non-hydrogen) atoms. The minimum Gasteiger partial charge on any atom is -0.484 e. The van der Waals surface area contributed by atoms with E-state index in [4.69, 9.17) is 9.26 Å². The molecule has 2 rings (SSSR count). The number of nitrogens with one attached hydrogen (secondary N) is 2. The molecule has 2 N–H and O–H groups in total. The van der Waals surface area contributed by atoms with Gasteiger partial charge in [0.1, 0.15) is 11.5 Å². The van der Waals surface area contributed by atoms with Gasteiger partial charge in [0, 0.05) is 12.0 Å². The molecule has 7 nitrogen and oxygen atoms in total. The molecule has 0 spiro atoms. The summed E-state index contributed by atoms with van der Waals surface area (Å²) in [5, 5.41) is 3.83. The van der Waals surface area contributed by atoms with Crippen LogP contribution in [0.2, 0.25) is 0 Å². The molecular weight excluding hydrogens is 310 g/mol. The monoisotopic (exact) mass is 331 g/mol. The zero-order valence-electron chi connectivity index (χ0n) is 14.0. The molecular formula is C17H21N3O4. The van der Waals surface area contributed by atoms with Crippen molar-refractivity contribution in [3.8, 4) is 5.75 Å². The van der Waals surface area contributed by atoms with Gasteiger partial charge in [-0.3, -0.25) is 20.4 Å². The van der Waals surface area contributed by atoms with Crippen molar-refractivity contribution in [2.24, 2.45) is 0 Å². The molecule has 0 unspecified atom stereocenters. The Morgan fingerprint density at radius 2 is 1.92 bits per heavy atom. The molecule has 0 aliphatic rings. The average Bonchev–Trinajstić information content (AvgIpc) is 2.87. The predicted octanol–water partition coefficient (Wildman–Crippen LogP) is 1.76. The zero-order chi connectivity index (χ0) is 17.5. The summed E-state index contributed by atoms with van der Waals surface area (Å²) in [4.78, 5) is 23.4. The van der Waals surface area contributed by atoms with Gasteiger partial charge in [-0.15, -0.1) is 0 Å². The lowest BCUT2D eigenvalue weighted by atomic mass is 10.1. The second kappa shape index (κ2) is 8.14. The Hall–Kier alpha value is -2.83. The lowest BCUT2D eigenvalue weighted by Crippen LogP contribution is -2.43. The smallest absolute Gasteiger partial charge is 0.276 e. The van der Waals surface area contributed by atoms with Crippen LogP contribution in [0.4, 0.5) is 0 Å². The van der Waals surface area contributed by atoms with E-state index in [-0.39, 0.29) is 18.9 Å². The minimum atomic E-state index is -0.429. The molecule has 2 amide bonds. The molecule has 1 heterocycles. The van der Waals surface area contributed by atoms with Crippen LogP contribution in [0.3, 0.4) is 0 Å². The molecule has 0 radical (unpaired) electrons. The van der Waals surface area contributed by atoms with Crippen LogP contribution in [0.5, 0.6) is 5.75 Å². The van der Waals surface area contributed by atoms with Gasteiger partial charge in [0.05, 0.1) is 5.69 Å². The summed E-state index contributed by atoms with van der Waals surface area (Å²) in [5.41, 5.74) is 7.42. The van der Waals surface area contributed by atoms with E-state index in [0.29, 0.717) is 17.9 Å². The fraction of sp³-hybridized carbons (Fsp3) is 0.353. The molecule has 0 aliphatic carbocycles. The summed E-state index contributed by atoms with van der Waals surface area (Å²) < 4.78 is 10.4. The fourth-order valence-electron chi connectivity index (χ4n) is 2.19. The van der Waals surface area contributed by atoms with Gasteiger partial charge >= 0.3 is 0 Å². The Balaban J connectivity index is 1.68. The topological polar surface area (TPSA) is 93.5 Å². The van der Waals surface area contributed by atoms with Gasteiger partial charge in [0.2, 0.25) is 5.91 Å². The SMILES string of the molecule is Cc1cccc(OCC(=O)NNC(=O)CCc2c(C)noc2C)c1. The van der Waals surface area contributed by atoms with Crippen molar-refractivity contribution in [2.75, 3.05) is 6.61 Å². The zero-order valence-corrected chi connectivity index (χ0v) is 14.0. The van der Waals surface area contributed by atoms with Crippen LogP contribution in [-0.2, 0) is 16.0 Å². The van der Waals surface area contributed by atoms with E-state index in [1.165, 1.54) is 0 Å². The van der Waals surface area contributed by atoms with E-state index in [1.54, 1.807) is 13.0 Å². The van der Waals surface area contributed by atoms with Crippen LogP contribution in [0, 0.1) is 20.8 Å². The van der Waals surface area contributed by atoms with E-state index in [1.807, 2.05) is 32.0 Å². The first kappa shape index (κ1) is 17.5. The Morgan fingerprint density at radius 3 is 2.58 bits per heavy atom. The first-order valence-electron chi connectivity index (χ1n) is 7.64. The highest BCUT2D eigenvalue weighted by Crippen LogP contribution is 2.14. The van der Waals surface area contributed by atoms with Gasteiger partial charge < -0.3 is 9.26 Å². The molecule has 1 aromatic heterocycles. The molecule has 2 aromatic rings. The van der Waals surface area contributed by atoms with E-state index in [0.717, 1.165) is 16.8 Å². The normalized spacial score (nSPS) is 10.3. The van der Waals surface area contributed by atoms with Crippen LogP contribution in [0.25, 0.3) is 0 Å². The summed E-state index contributed by atoms with van der Waals surface area (Å²) in [7, 11) is 0. The molecule has 1 aromatic carbocycles. The number of nitrogens with zero attached hydrogens (tertiary/aromatic N) is 1. The third-order valence-electron chi connectivity index (χ3n) is 3.48. The van der Waals surface area contributed by atoms with Crippen molar-refractivity contribution in [3.05, 3.63) is 46.8 Å². The highest BCUT2D eigenvalue weighted by Gasteiger charge is 2.11. The first-order chi connectivity index (χ1) is 11.5. The number of aryl methyl sites for hydroxylation is 3. The van der Waals surface area contributed by atoms with Gasteiger partial charge in [-0.1, -0.05) is 17.3 Å². The summed E-state index contributed by atoms with van der Waals surface area (Å²) in [6.45, 7) is 5.39. The van der Waals surface area contributed by atoms with E-state index >= 15 is 0 Å². The molecule has 0 bridgehead atoms. The number of ether oxygens (including phenoxy) is 1. The molecule has 0 saturated heterocycles. The maximum Gasteiger partial charge on any atom is 0.276 e. The standard InChI is InChI=1S/C17H21N3O4/c1-11-5-4-6-14(9-11)23-10-17(22)19-18-16(21)8-7-15-12(2)20-24-13(15)3/h4-6,9H,7-8,10H2,1-3H3,(H,18,21)(H,19,22). The third kappa shape index (κ3) is 5.12. The number of carbonyl (C=O) groups excluding carboxylic acids is 2. The number of benzene rings is 1. The number of amides is 2. The van der Waals surface area contributed by atoms with Gasteiger partial charge in [0.25, 0.3) is 5.91 Å². The van der Waals surface area contributed by atoms with Gasteiger partial charge in [-0.05, 0) is 44.9 Å². The maximum atomic E-state index is 11.8. The van der Waals surface area contributed by atoms with Gasteiger partial charge in [-0.25, -0.2) is 0 Å². The average molecular weight is 331 g/mol. The lowest BCUT2D eigenvalue weighted by Gasteiger charge is -2.09. The van der Waals surface area contributed by atoms with Crippen LogP contribution in [0.1, 0.15) is 29.0 Å². The number of carbonyl (C=O) groups is 2. The summed E-state index contributed by atoms with van der Waals surface area (Å²) >= 11 is 0. The largest absolute Gasteiger partial charge is 0.484 e. The predicted molar refractivity (Wildman–Crippen MR) is 87.3 cm³/mol. The minimum absolute atomic E-state index is 0.173. The number of hydrazine groups is 1. The van der Waals surface area contributed by atoms with Crippen LogP contribution >= 0.6 is 0 Å². The highest BCUT2D eigenvalue weighted by atomic mass is 16.5. The molecule has 128 valence electrons. The van der Waals surface area contributed by atoms with E-state index in [9.17, 15) is 9.59 Å². The number of hydrogen-bond donors (Lipinski definition) is 2. The fourth-order valence-corrected chi connectivity index (χ4v) is 2.19. The van der Waals surface area contributed by atoms with E-state index < -0.39 is 5.91 Å². The van der Waals surface area contributed by atoms with Crippen molar-refractivity contribution >= 4 is 11.8 Å². The Labute approximate surface area is 140 Å². The summed E-state index contributed by atoms with van der Waals surface area (Å²) in [5.74, 6) is 0.590. The van der Waals surface area contributed by atoms with Crippen LogP contribution in [-0.4, -0.2) is 23.6 Å². The number of rotatable bonds is 6. The van der Waals surface area contributed by atoms with Crippen molar-refractivity contribution < 1.29 is 18.8 Å². The molecule has 0 atom stereocenters. The second-order valence-corrected chi connectivity index (χ2v) is 5.50. The Kier molecular flexibility index (Phi) is 5.95. The van der Waals surface area contributed by atoms with Crippen molar-refractivity contribution in [1.82, 2.24) is 16.0 Å². The van der Waals surface area contributed by atoms with Crippen molar-refractivity contribution in [1.29, 1.82) is 0 Å². The highest BCUT2D eigenvalue weighted by molar-refractivity contribution is 5.82. The Morgan fingerprint density at radius 1 is 1.17 bits per heavy atom. The summed E-state index contributed by atoms with van der Waals surface area (Å²) in [6.07, 6.45) is 0.727. The molecule has 7 heteroatoms. The van der Waals surface area contributed by atoms with Crippen LogP contribution in [0.15, 0.2) is 28.8 Å².